The Balaban J connectivity index is 1.80. The average molecular weight is 394 g/mol. The van der Waals surface area contributed by atoms with E-state index in [1.165, 1.54) is 36.4 Å². The first-order valence-electron chi connectivity index (χ1n) is 8.33. The first-order valence-corrected chi connectivity index (χ1v) is 8.33. The van der Waals surface area contributed by atoms with Crippen molar-refractivity contribution in [3.8, 4) is 51.4 Å². The third-order valence-electron chi connectivity index (χ3n) is 4.48. The summed E-state index contributed by atoms with van der Waals surface area (Å²) in [4.78, 5) is 12.8. The third kappa shape index (κ3) is 2.92. The molecule has 0 unspecified atom stereocenters. The van der Waals surface area contributed by atoms with Gasteiger partial charge in [0.1, 0.15) is 22.8 Å². The fourth-order valence-electron chi connectivity index (χ4n) is 3.06. The Hall–Kier alpha value is -4.33. The second-order valence-corrected chi connectivity index (χ2v) is 6.38. The summed E-state index contributed by atoms with van der Waals surface area (Å²) in [6.07, 6.45) is 1.31. The van der Waals surface area contributed by atoms with Crippen molar-refractivity contribution >= 4 is 11.9 Å². The maximum absolute atomic E-state index is 12.8. The van der Waals surface area contributed by atoms with Crippen LogP contribution in [0.4, 0.5) is 0 Å². The molecule has 1 aliphatic heterocycles. The summed E-state index contributed by atoms with van der Waals surface area (Å²) >= 11 is 0. The quantitative estimate of drug-likeness (QED) is 0.287. The Bertz CT molecular complexity index is 1210. The van der Waals surface area contributed by atoms with E-state index in [1.54, 1.807) is 0 Å². The summed E-state index contributed by atoms with van der Waals surface area (Å²) in [5, 5.41) is 59.0. The van der Waals surface area contributed by atoms with Crippen LogP contribution in [0, 0.1) is 0 Å². The normalized spacial score (nSPS) is 14.1. The van der Waals surface area contributed by atoms with Crippen molar-refractivity contribution in [1.82, 2.24) is 0 Å². The maximum Gasteiger partial charge on any atom is 0.235 e. The number of fused-ring (bicyclic) bond motifs is 1. The van der Waals surface area contributed by atoms with E-state index >= 15 is 0 Å². The summed E-state index contributed by atoms with van der Waals surface area (Å²) in [7, 11) is 0. The summed E-state index contributed by atoms with van der Waals surface area (Å²) < 4.78 is 5.45. The van der Waals surface area contributed by atoms with Gasteiger partial charge in [0.05, 0.1) is 5.56 Å². The summed E-state index contributed by atoms with van der Waals surface area (Å²) in [5.41, 5.74) is 0.245. The zero-order valence-corrected chi connectivity index (χ0v) is 14.6. The number of benzene rings is 3. The molecule has 0 saturated carbocycles. The molecule has 3 aromatic rings. The van der Waals surface area contributed by atoms with Crippen LogP contribution in [-0.4, -0.2) is 36.4 Å². The number of ketones is 1. The number of hydrogen-bond acceptors (Lipinski definition) is 8. The molecule has 0 spiro atoms. The topological polar surface area (TPSA) is 148 Å². The van der Waals surface area contributed by atoms with Crippen molar-refractivity contribution in [2.45, 2.75) is 0 Å². The minimum Gasteiger partial charge on any atom is -0.507 e. The van der Waals surface area contributed by atoms with Crippen molar-refractivity contribution in [3.63, 3.8) is 0 Å². The molecule has 0 radical (unpaired) electrons. The molecule has 0 saturated heterocycles. The fourth-order valence-corrected chi connectivity index (χ4v) is 3.06. The van der Waals surface area contributed by atoms with E-state index in [1.807, 2.05) is 0 Å². The monoisotopic (exact) mass is 394 g/mol. The van der Waals surface area contributed by atoms with Crippen LogP contribution in [0.2, 0.25) is 0 Å². The van der Waals surface area contributed by atoms with Crippen molar-refractivity contribution in [2.24, 2.45) is 0 Å². The lowest BCUT2D eigenvalue weighted by atomic mass is 9.97. The van der Waals surface area contributed by atoms with Gasteiger partial charge in [0.2, 0.25) is 5.78 Å². The molecule has 6 N–H and O–H groups in total. The number of ether oxygens (including phenoxy) is 1. The van der Waals surface area contributed by atoms with Gasteiger partial charge in [-0.1, -0.05) is 12.1 Å². The Morgan fingerprint density at radius 1 is 0.690 bits per heavy atom. The highest BCUT2D eigenvalue weighted by Gasteiger charge is 2.34. The lowest BCUT2D eigenvalue weighted by Gasteiger charge is -2.11. The molecular formula is C21H14O8. The Morgan fingerprint density at radius 2 is 1.34 bits per heavy atom. The van der Waals surface area contributed by atoms with Gasteiger partial charge in [0, 0.05) is 6.07 Å². The van der Waals surface area contributed by atoms with Gasteiger partial charge in [0.25, 0.3) is 0 Å². The van der Waals surface area contributed by atoms with Gasteiger partial charge in [-0.15, -0.1) is 0 Å². The lowest BCUT2D eigenvalue weighted by molar-refractivity contribution is 0.101. The summed E-state index contributed by atoms with van der Waals surface area (Å²) in [6.45, 7) is 0. The lowest BCUT2D eigenvalue weighted by Crippen LogP contribution is -1.98. The average Bonchev–Trinajstić information content (AvgIpc) is 2.96. The predicted molar refractivity (Wildman–Crippen MR) is 101 cm³/mol. The van der Waals surface area contributed by atoms with Crippen molar-refractivity contribution < 1.29 is 40.2 Å². The van der Waals surface area contributed by atoms with Crippen LogP contribution in [0.5, 0.6) is 40.2 Å². The third-order valence-corrected chi connectivity index (χ3v) is 4.48. The van der Waals surface area contributed by atoms with Crippen molar-refractivity contribution in [2.75, 3.05) is 0 Å². The van der Waals surface area contributed by atoms with E-state index in [2.05, 4.69) is 0 Å². The Morgan fingerprint density at radius 3 is 2.00 bits per heavy atom. The maximum atomic E-state index is 12.8. The minimum absolute atomic E-state index is 0.0639. The van der Waals surface area contributed by atoms with E-state index in [-0.39, 0.29) is 45.4 Å². The van der Waals surface area contributed by atoms with Gasteiger partial charge in [-0.2, -0.15) is 0 Å². The van der Waals surface area contributed by atoms with E-state index in [9.17, 15) is 35.4 Å². The fraction of sp³-hybridized carbons (Fsp3) is 0. The zero-order chi connectivity index (χ0) is 20.9. The molecular weight excluding hydrogens is 380 g/mol. The van der Waals surface area contributed by atoms with Gasteiger partial charge < -0.3 is 35.4 Å². The van der Waals surface area contributed by atoms with Crippen LogP contribution >= 0.6 is 0 Å². The molecule has 1 aliphatic rings. The number of rotatable bonds is 2. The standard InChI is InChI=1S/C21H14O8/c22-11-3-1-9(5-13(11)24)6-17-20(27)19-16(29-17)8-15(26)18(21(19)28)10-2-4-12(23)14(25)7-10/h1-8,22-26,28H/b17-6-. The highest BCUT2D eigenvalue weighted by Crippen LogP contribution is 2.49. The summed E-state index contributed by atoms with van der Waals surface area (Å²) in [6, 6.07) is 8.73. The van der Waals surface area contributed by atoms with E-state index in [0.717, 1.165) is 12.1 Å². The number of aromatic hydroxyl groups is 6. The molecule has 146 valence electrons. The first kappa shape index (κ1) is 18.1. The van der Waals surface area contributed by atoms with E-state index in [0.29, 0.717) is 5.56 Å². The molecule has 0 amide bonds. The van der Waals surface area contributed by atoms with Crippen molar-refractivity contribution in [3.05, 3.63) is 59.4 Å². The molecule has 1 heterocycles. The molecule has 3 aromatic carbocycles. The smallest absolute Gasteiger partial charge is 0.235 e. The number of phenolic OH excluding ortho intramolecular Hbond substituents is 6. The highest BCUT2D eigenvalue weighted by molar-refractivity contribution is 6.17. The van der Waals surface area contributed by atoms with Crippen LogP contribution in [0.15, 0.2) is 48.2 Å². The van der Waals surface area contributed by atoms with Gasteiger partial charge in [-0.05, 0) is 41.5 Å². The number of allylic oxidation sites excluding steroid dienone is 1. The molecule has 0 fully saturated rings. The number of carbonyl (C=O) groups is 1. The predicted octanol–water partition coefficient (Wildman–Crippen LogP) is 3.20. The highest BCUT2D eigenvalue weighted by atomic mass is 16.5. The molecule has 8 heteroatoms. The van der Waals surface area contributed by atoms with Gasteiger partial charge in [0.15, 0.2) is 28.8 Å². The van der Waals surface area contributed by atoms with Crippen molar-refractivity contribution in [1.29, 1.82) is 0 Å². The zero-order valence-electron chi connectivity index (χ0n) is 14.6. The van der Waals surface area contributed by atoms with E-state index in [4.69, 9.17) is 4.74 Å². The Kier molecular flexibility index (Phi) is 3.97. The first-order chi connectivity index (χ1) is 13.8. The summed E-state index contributed by atoms with van der Waals surface area (Å²) in [5.74, 6) is -3.37. The van der Waals surface area contributed by atoms with Crippen LogP contribution < -0.4 is 4.74 Å². The van der Waals surface area contributed by atoms with Crippen LogP contribution in [-0.2, 0) is 0 Å². The van der Waals surface area contributed by atoms with Gasteiger partial charge >= 0.3 is 0 Å². The molecule has 4 rings (SSSR count). The van der Waals surface area contributed by atoms with Crippen LogP contribution in [0.1, 0.15) is 15.9 Å². The molecule has 0 atom stereocenters. The van der Waals surface area contributed by atoms with Gasteiger partial charge in [-0.3, -0.25) is 4.79 Å². The second kappa shape index (κ2) is 6.38. The number of Topliss-reactive ketones (excluding diaryl/α,β-unsaturated/α-hetero) is 1. The van der Waals surface area contributed by atoms with Gasteiger partial charge in [-0.25, -0.2) is 0 Å². The molecule has 29 heavy (non-hydrogen) atoms. The Labute approximate surface area is 163 Å². The number of carbonyl (C=O) groups excluding carboxylic acids is 1. The minimum atomic E-state index is -0.658. The van der Waals surface area contributed by atoms with Crippen LogP contribution in [0.3, 0.4) is 0 Å². The number of hydrogen-bond donors (Lipinski definition) is 6. The van der Waals surface area contributed by atoms with Crippen LogP contribution in [0.25, 0.3) is 17.2 Å². The molecule has 0 aromatic heterocycles. The molecule has 8 nitrogen and oxygen atoms in total. The number of phenols is 6. The SMILES string of the molecule is O=C1/C(=C/c2ccc(O)c(O)c2)Oc2cc(O)c(-c3ccc(O)c(O)c3)c(O)c21. The van der Waals surface area contributed by atoms with E-state index < -0.39 is 23.0 Å². The largest absolute Gasteiger partial charge is 0.507 e. The second-order valence-electron chi connectivity index (χ2n) is 6.38. The molecule has 0 aliphatic carbocycles. The molecule has 0 bridgehead atoms.